The lowest BCUT2D eigenvalue weighted by atomic mass is 10.1. The van der Waals surface area contributed by atoms with Crippen molar-refractivity contribution in [3.8, 4) is 0 Å². The average Bonchev–Trinajstić information content (AvgIpc) is 2.81. The van der Waals surface area contributed by atoms with Crippen LogP contribution >= 0.6 is 15.9 Å². The molecule has 0 radical (unpaired) electrons. The van der Waals surface area contributed by atoms with Gasteiger partial charge in [0.05, 0.1) is 10.0 Å². The molecule has 0 amide bonds. The van der Waals surface area contributed by atoms with Gasteiger partial charge >= 0.3 is 5.97 Å². The molecule has 18 heavy (non-hydrogen) atoms. The van der Waals surface area contributed by atoms with Crippen molar-refractivity contribution in [1.29, 1.82) is 0 Å². The average molecular weight is 312 g/mol. The Morgan fingerprint density at radius 1 is 1.33 bits per heavy atom. The Hall–Kier alpha value is -1.95. The molecule has 92 valence electrons. The molecule has 0 atom stereocenters. The summed E-state index contributed by atoms with van der Waals surface area (Å²) in [5.74, 6) is -2.41. The van der Waals surface area contributed by atoms with Crippen molar-refractivity contribution in [2.45, 2.75) is 0 Å². The number of rotatable bonds is 3. The highest BCUT2D eigenvalue weighted by atomic mass is 79.9. The fourth-order valence-corrected chi connectivity index (χ4v) is 1.85. The minimum absolute atomic E-state index is 0.101. The zero-order valence-electron chi connectivity index (χ0n) is 8.91. The van der Waals surface area contributed by atoms with Gasteiger partial charge in [-0.05, 0) is 34.1 Å². The molecular weight excluding hydrogens is 305 g/mol. The normalized spacial score (nSPS) is 10.3. The highest BCUT2D eigenvalue weighted by Gasteiger charge is 2.18. The van der Waals surface area contributed by atoms with Crippen LogP contribution in [0.3, 0.4) is 0 Å². The molecule has 6 heteroatoms. The van der Waals surface area contributed by atoms with Gasteiger partial charge in [-0.15, -0.1) is 0 Å². The number of carboxylic acids is 1. The molecule has 0 aliphatic heterocycles. The molecule has 1 aromatic heterocycles. The molecule has 2 rings (SSSR count). The third-order valence-corrected chi connectivity index (χ3v) is 2.98. The number of benzene rings is 1. The standard InChI is InChI=1S/C12H7BrFNO3/c13-8-3-1-2-7(10(8)14)11(16)6-4-9(12(17)18)15-5-6/h1-5,15H,(H,17,18). The van der Waals surface area contributed by atoms with Crippen LogP contribution in [-0.4, -0.2) is 21.8 Å². The molecule has 0 aliphatic carbocycles. The molecule has 0 saturated heterocycles. The molecule has 1 heterocycles. The zero-order valence-corrected chi connectivity index (χ0v) is 10.5. The Labute approximate surface area is 110 Å². The van der Waals surface area contributed by atoms with Gasteiger partial charge in [-0.1, -0.05) is 6.07 Å². The molecular formula is C12H7BrFNO3. The number of aromatic nitrogens is 1. The lowest BCUT2D eigenvalue weighted by Crippen LogP contribution is -2.03. The summed E-state index contributed by atoms with van der Waals surface area (Å²) in [4.78, 5) is 25.1. The molecule has 0 bridgehead atoms. The summed E-state index contributed by atoms with van der Waals surface area (Å²) in [5, 5.41) is 8.73. The Morgan fingerprint density at radius 2 is 2.06 bits per heavy atom. The van der Waals surface area contributed by atoms with Gasteiger partial charge in [0.1, 0.15) is 11.5 Å². The number of nitrogens with one attached hydrogen (secondary N) is 1. The number of carbonyl (C=O) groups excluding carboxylic acids is 1. The molecule has 2 N–H and O–H groups in total. The highest BCUT2D eigenvalue weighted by molar-refractivity contribution is 9.10. The van der Waals surface area contributed by atoms with E-state index in [2.05, 4.69) is 20.9 Å². The van der Waals surface area contributed by atoms with Gasteiger partial charge in [0.2, 0.25) is 0 Å². The second-order valence-corrected chi connectivity index (χ2v) is 4.39. The molecule has 0 saturated carbocycles. The maximum absolute atomic E-state index is 13.7. The van der Waals surface area contributed by atoms with Gasteiger partial charge in [0.15, 0.2) is 5.78 Å². The monoisotopic (exact) mass is 311 g/mol. The first-order valence-corrected chi connectivity index (χ1v) is 5.70. The van der Waals surface area contributed by atoms with Crippen LogP contribution in [0.5, 0.6) is 0 Å². The predicted octanol–water partition coefficient (Wildman–Crippen LogP) is 2.85. The number of hydrogen-bond acceptors (Lipinski definition) is 2. The van der Waals surface area contributed by atoms with E-state index in [1.165, 1.54) is 30.5 Å². The quantitative estimate of drug-likeness (QED) is 0.856. The lowest BCUT2D eigenvalue weighted by Gasteiger charge is -2.01. The van der Waals surface area contributed by atoms with Gasteiger partial charge in [0.25, 0.3) is 0 Å². The first-order chi connectivity index (χ1) is 8.50. The smallest absolute Gasteiger partial charge is 0.352 e. The first kappa shape index (κ1) is 12.5. The Morgan fingerprint density at radius 3 is 2.67 bits per heavy atom. The predicted molar refractivity (Wildman–Crippen MR) is 65.3 cm³/mol. The highest BCUT2D eigenvalue weighted by Crippen LogP contribution is 2.21. The van der Waals surface area contributed by atoms with Gasteiger partial charge < -0.3 is 10.1 Å². The molecule has 1 aromatic carbocycles. The summed E-state index contributed by atoms with van der Waals surface area (Å²) in [6, 6.07) is 5.53. The molecule has 4 nitrogen and oxygen atoms in total. The molecule has 0 unspecified atom stereocenters. The third kappa shape index (κ3) is 2.19. The third-order valence-electron chi connectivity index (χ3n) is 2.37. The number of hydrogen-bond donors (Lipinski definition) is 2. The zero-order chi connectivity index (χ0) is 13.3. The number of H-pyrrole nitrogens is 1. The first-order valence-electron chi connectivity index (χ1n) is 4.91. The molecule has 2 aromatic rings. The van der Waals surface area contributed by atoms with Crippen LogP contribution in [0.2, 0.25) is 0 Å². The van der Waals surface area contributed by atoms with E-state index in [0.29, 0.717) is 0 Å². The Balaban J connectivity index is 2.41. The van der Waals surface area contributed by atoms with E-state index in [9.17, 15) is 14.0 Å². The van der Waals surface area contributed by atoms with Gasteiger partial charge in [0, 0.05) is 11.8 Å². The second-order valence-electron chi connectivity index (χ2n) is 3.54. The summed E-state index contributed by atoms with van der Waals surface area (Å²) in [6.45, 7) is 0. The molecule has 0 aliphatic rings. The summed E-state index contributed by atoms with van der Waals surface area (Å²) in [6.07, 6.45) is 1.24. The number of halogens is 2. The largest absolute Gasteiger partial charge is 0.477 e. The van der Waals surface area contributed by atoms with E-state index in [0.717, 1.165) is 0 Å². The lowest BCUT2D eigenvalue weighted by molar-refractivity contribution is 0.0691. The van der Waals surface area contributed by atoms with E-state index in [4.69, 9.17) is 5.11 Å². The fraction of sp³-hybridized carbons (Fsp3) is 0. The van der Waals surface area contributed by atoms with E-state index < -0.39 is 17.6 Å². The van der Waals surface area contributed by atoms with Gasteiger partial charge in [-0.3, -0.25) is 4.79 Å². The second kappa shape index (κ2) is 4.73. The fourth-order valence-electron chi connectivity index (χ4n) is 1.48. The van der Waals surface area contributed by atoms with E-state index in [1.807, 2.05) is 0 Å². The van der Waals surface area contributed by atoms with Crippen molar-refractivity contribution >= 4 is 27.7 Å². The van der Waals surface area contributed by atoms with Crippen LogP contribution in [-0.2, 0) is 0 Å². The van der Waals surface area contributed by atoms with Crippen molar-refractivity contribution in [3.63, 3.8) is 0 Å². The van der Waals surface area contributed by atoms with Crippen molar-refractivity contribution in [3.05, 3.63) is 57.6 Å². The Bertz CT molecular complexity index is 636. The minimum atomic E-state index is -1.18. The van der Waals surface area contributed by atoms with Crippen LogP contribution in [0, 0.1) is 5.82 Å². The SMILES string of the molecule is O=C(O)c1cc(C(=O)c2cccc(Br)c2F)c[nH]1. The van der Waals surface area contributed by atoms with Crippen LogP contribution < -0.4 is 0 Å². The number of aromatic amines is 1. The Kier molecular flexibility index (Phi) is 3.29. The van der Waals surface area contributed by atoms with Crippen molar-refractivity contribution < 1.29 is 19.1 Å². The van der Waals surface area contributed by atoms with Gasteiger partial charge in [-0.25, -0.2) is 9.18 Å². The minimum Gasteiger partial charge on any atom is -0.477 e. The number of carbonyl (C=O) groups is 2. The maximum atomic E-state index is 13.7. The molecule has 0 spiro atoms. The number of carboxylic acid groups (broad SMARTS) is 1. The van der Waals surface area contributed by atoms with Crippen LogP contribution in [0.15, 0.2) is 34.9 Å². The van der Waals surface area contributed by atoms with Crippen LogP contribution in [0.4, 0.5) is 4.39 Å². The van der Waals surface area contributed by atoms with Crippen molar-refractivity contribution in [1.82, 2.24) is 4.98 Å². The summed E-state index contributed by atoms with van der Waals surface area (Å²) < 4.78 is 13.9. The van der Waals surface area contributed by atoms with Crippen LogP contribution in [0.25, 0.3) is 0 Å². The van der Waals surface area contributed by atoms with Gasteiger partial charge in [-0.2, -0.15) is 0 Å². The summed E-state index contributed by atoms with van der Waals surface area (Å²) >= 11 is 2.99. The number of aromatic carboxylic acids is 1. The van der Waals surface area contributed by atoms with Crippen molar-refractivity contribution in [2.24, 2.45) is 0 Å². The molecule has 0 fully saturated rings. The van der Waals surface area contributed by atoms with E-state index in [-0.39, 0.29) is 21.3 Å². The summed E-state index contributed by atoms with van der Waals surface area (Å²) in [5.41, 5.74) is -0.126. The maximum Gasteiger partial charge on any atom is 0.352 e. The van der Waals surface area contributed by atoms with Crippen LogP contribution in [0.1, 0.15) is 26.4 Å². The van der Waals surface area contributed by atoms with Crippen molar-refractivity contribution in [2.75, 3.05) is 0 Å². The topological polar surface area (TPSA) is 70.2 Å². The number of ketones is 1. The summed E-state index contributed by atoms with van der Waals surface area (Å²) in [7, 11) is 0. The van der Waals surface area contributed by atoms with E-state index in [1.54, 1.807) is 0 Å². The van der Waals surface area contributed by atoms with E-state index >= 15 is 0 Å².